The Bertz CT molecular complexity index is 1330. The Morgan fingerprint density at radius 1 is 1.22 bits per heavy atom. The van der Waals surface area contributed by atoms with Gasteiger partial charge in [0.05, 0.1) is 23.8 Å². The van der Waals surface area contributed by atoms with E-state index in [1.165, 1.54) is 6.07 Å². The number of aromatic nitrogens is 1. The third kappa shape index (κ3) is 4.30. The van der Waals surface area contributed by atoms with Gasteiger partial charge in [0.2, 0.25) is 5.91 Å². The summed E-state index contributed by atoms with van der Waals surface area (Å²) in [6.07, 6.45) is -1.16. The van der Waals surface area contributed by atoms with Crippen molar-refractivity contribution in [1.82, 2.24) is 9.88 Å². The lowest BCUT2D eigenvalue weighted by Gasteiger charge is -2.43. The van der Waals surface area contributed by atoms with E-state index >= 15 is 0 Å². The number of aliphatic hydroxyl groups is 1. The van der Waals surface area contributed by atoms with Gasteiger partial charge in [-0.3, -0.25) is 4.79 Å². The molecule has 0 aliphatic carbocycles. The van der Waals surface area contributed by atoms with E-state index in [0.717, 1.165) is 22.5 Å². The highest BCUT2D eigenvalue weighted by molar-refractivity contribution is 5.84. The van der Waals surface area contributed by atoms with Crippen LogP contribution in [-0.2, 0) is 17.4 Å². The van der Waals surface area contributed by atoms with Crippen LogP contribution in [0.1, 0.15) is 29.5 Å². The van der Waals surface area contributed by atoms with E-state index in [0.29, 0.717) is 51.1 Å². The van der Waals surface area contributed by atoms with Gasteiger partial charge in [-0.2, -0.15) is 18.4 Å². The molecular weight excluding hydrogens is 469 g/mol. The maximum Gasteiger partial charge on any atom is 0.417 e. The Morgan fingerprint density at radius 2 is 2.03 bits per heavy atom. The van der Waals surface area contributed by atoms with E-state index in [-0.39, 0.29) is 18.4 Å². The predicted molar refractivity (Wildman–Crippen MR) is 129 cm³/mol. The molecule has 3 aromatic rings. The van der Waals surface area contributed by atoms with Crippen molar-refractivity contribution in [3.63, 3.8) is 0 Å². The van der Waals surface area contributed by atoms with Gasteiger partial charge in [0, 0.05) is 66.7 Å². The van der Waals surface area contributed by atoms with Crippen molar-refractivity contribution in [2.24, 2.45) is 11.3 Å². The molecule has 3 heterocycles. The molecule has 6 nitrogen and oxygen atoms in total. The molecule has 2 aromatic carbocycles. The minimum absolute atomic E-state index is 0.0202. The largest absolute Gasteiger partial charge is 0.417 e. The first kappa shape index (κ1) is 24.2. The van der Waals surface area contributed by atoms with Crippen LogP contribution in [0.5, 0.6) is 0 Å². The molecule has 0 radical (unpaired) electrons. The normalized spacial score (nSPS) is 22.0. The number of likely N-dealkylation sites (tertiary alicyclic amines) is 1. The average Bonchev–Trinajstić information content (AvgIpc) is 3.48. The number of amides is 1. The van der Waals surface area contributed by atoms with Gasteiger partial charge < -0.3 is 19.9 Å². The van der Waals surface area contributed by atoms with Crippen LogP contribution in [0.3, 0.4) is 0 Å². The molecule has 5 rings (SSSR count). The SMILES string of the molecule is N#Cc1ccc(N2CC[C@@]3(CO)CN(C(=O)CCc4c[nH]c5ccccc45)C[C@H]3C2)cc1C(F)(F)F. The van der Waals surface area contributed by atoms with Gasteiger partial charge in [-0.25, -0.2) is 0 Å². The van der Waals surface area contributed by atoms with Gasteiger partial charge in [-0.05, 0) is 42.7 Å². The number of H-pyrrole nitrogens is 1. The standard InChI is InChI=1S/C27H27F3N4O2/c28-27(29,30)23-11-21(7-5-18(23)12-31)33-10-9-26(17-35)16-34(15-20(26)14-33)25(36)8-6-19-13-32-24-4-2-1-3-22(19)24/h1-5,7,11,13,20,32,35H,6,8-10,14-17H2/t20-,26+/m1/s1. The molecule has 188 valence electrons. The van der Waals surface area contributed by atoms with Crippen LogP contribution in [0, 0.1) is 22.7 Å². The second-order valence-electron chi connectivity index (χ2n) is 9.89. The predicted octanol–water partition coefficient (Wildman–Crippen LogP) is 4.34. The van der Waals surface area contributed by atoms with E-state index in [1.807, 2.05) is 35.4 Å². The molecule has 1 aromatic heterocycles. The van der Waals surface area contributed by atoms with E-state index in [1.54, 1.807) is 17.0 Å². The van der Waals surface area contributed by atoms with E-state index in [2.05, 4.69) is 4.98 Å². The minimum atomic E-state index is -4.62. The molecule has 0 saturated carbocycles. The van der Waals surface area contributed by atoms with Crippen LogP contribution in [0.2, 0.25) is 0 Å². The highest BCUT2D eigenvalue weighted by Crippen LogP contribution is 2.44. The molecule has 0 bridgehead atoms. The lowest BCUT2D eigenvalue weighted by molar-refractivity contribution is -0.137. The summed E-state index contributed by atoms with van der Waals surface area (Å²) in [7, 11) is 0. The molecule has 2 aliphatic heterocycles. The van der Waals surface area contributed by atoms with Crippen molar-refractivity contribution in [3.05, 3.63) is 65.4 Å². The number of nitrogens with one attached hydrogen (secondary N) is 1. The lowest BCUT2D eigenvalue weighted by Crippen LogP contribution is -2.49. The zero-order valence-corrected chi connectivity index (χ0v) is 19.7. The molecule has 0 spiro atoms. The van der Waals surface area contributed by atoms with Crippen molar-refractivity contribution in [2.75, 3.05) is 37.7 Å². The second-order valence-corrected chi connectivity index (χ2v) is 9.89. The van der Waals surface area contributed by atoms with E-state index in [9.17, 15) is 23.1 Å². The van der Waals surface area contributed by atoms with Gasteiger partial charge in [0.15, 0.2) is 0 Å². The van der Waals surface area contributed by atoms with Crippen molar-refractivity contribution in [1.29, 1.82) is 5.26 Å². The fourth-order valence-electron chi connectivity index (χ4n) is 5.76. The maximum absolute atomic E-state index is 13.5. The smallest absolute Gasteiger partial charge is 0.396 e. The number of hydrogen-bond acceptors (Lipinski definition) is 4. The number of aliphatic hydroxyl groups excluding tert-OH is 1. The number of alkyl halides is 3. The van der Waals surface area contributed by atoms with Crippen molar-refractivity contribution in [3.8, 4) is 6.07 Å². The van der Waals surface area contributed by atoms with Crippen LogP contribution >= 0.6 is 0 Å². The third-order valence-corrected chi connectivity index (χ3v) is 7.88. The Hall–Kier alpha value is -3.51. The zero-order valence-electron chi connectivity index (χ0n) is 19.7. The number of rotatable bonds is 5. The van der Waals surface area contributed by atoms with Crippen molar-refractivity contribution < 1.29 is 23.1 Å². The summed E-state index contributed by atoms with van der Waals surface area (Å²) in [5.41, 5.74) is 0.717. The highest BCUT2D eigenvalue weighted by Gasteiger charge is 2.50. The first-order chi connectivity index (χ1) is 17.2. The first-order valence-electron chi connectivity index (χ1n) is 12.0. The number of hydrogen-bond donors (Lipinski definition) is 2. The average molecular weight is 497 g/mol. The lowest BCUT2D eigenvalue weighted by atomic mass is 9.73. The number of fused-ring (bicyclic) bond motifs is 2. The van der Waals surface area contributed by atoms with Gasteiger partial charge in [-0.15, -0.1) is 0 Å². The monoisotopic (exact) mass is 496 g/mol. The summed E-state index contributed by atoms with van der Waals surface area (Å²) in [6.45, 7) is 1.76. The third-order valence-electron chi connectivity index (χ3n) is 7.88. The number of carbonyl (C=O) groups excluding carboxylic acids is 1. The molecule has 0 unspecified atom stereocenters. The zero-order chi connectivity index (χ0) is 25.5. The van der Waals surface area contributed by atoms with Crippen molar-refractivity contribution in [2.45, 2.75) is 25.4 Å². The molecule has 1 amide bonds. The molecule has 36 heavy (non-hydrogen) atoms. The topological polar surface area (TPSA) is 83.4 Å². The Labute approximate surface area is 206 Å². The molecule has 2 atom stereocenters. The van der Waals surface area contributed by atoms with E-state index in [4.69, 9.17) is 5.26 Å². The van der Waals surface area contributed by atoms with Crippen LogP contribution in [0.4, 0.5) is 18.9 Å². The summed E-state index contributed by atoms with van der Waals surface area (Å²) in [5, 5.41) is 20.5. The summed E-state index contributed by atoms with van der Waals surface area (Å²) >= 11 is 0. The number of aromatic amines is 1. The number of piperidine rings is 1. The Morgan fingerprint density at radius 3 is 2.78 bits per heavy atom. The quantitative estimate of drug-likeness (QED) is 0.551. The fraction of sp³-hybridized carbons (Fsp3) is 0.407. The molecule has 2 N–H and O–H groups in total. The summed E-state index contributed by atoms with van der Waals surface area (Å²) in [4.78, 5) is 20.0. The molecule has 2 aliphatic rings. The molecule has 9 heteroatoms. The number of benzene rings is 2. The van der Waals surface area contributed by atoms with Crippen molar-refractivity contribution >= 4 is 22.5 Å². The number of carbonyl (C=O) groups is 1. The Kier molecular flexibility index (Phi) is 6.17. The van der Waals surface area contributed by atoms with Gasteiger partial charge in [0.25, 0.3) is 0 Å². The molecular formula is C27H27F3N4O2. The van der Waals surface area contributed by atoms with Gasteiger partial charge in [0.1, 0.15) is 0 Å². The molecule has 2 saturated heterocycles. The second kappa shape index (κ2) is 9.17. The number of anilines is 1. The summed E-state index contributed by atoms with van der Waals surface area (Å²) < 4.78 is 40.4. The number of aryl methyl sites for hydroxylation is 1. The summed E-state index contributed by atoms with van der Waals surface area (Å²) in [5.74, 6) is -0.0370. The maximum atomic E-state index is 13.5. The highest BCUT2D eigenvalue weighted by atomic mass is 19.4. The van der Waals surface area contributed by atoms with Crippen LogP contribution in [-0.4, -0.2) is 53.7 Å². The first-order valence-corrected chi connectivity index (χ1v) is 12.0. The van der Waals surface area contributed by atoms with E-state index < -0.39 is 22.7 Å². The van der Waals surface area contributed by atoms with Gasteiger partial charge in [-0.1, -0.05) is 18.2 Å². The number of nitrogens with zero attached hydrogens (tertiary/aromatic N) is 3. The fourth-order valence-corrected chi connectivity index (χ4v) is 5.76. The number of halogens is 3. The van der Waals surface area contributed by atoms with Crippen LogP contribution in [0.15, 0.2) is 48.7 Å². The van der Waals surface area contributed by atoms with Crippen LogP contribution in [0.25, 0.3) is 10.9 Å². The number of nitriles is 1. The van der Waals surface area contributed by atoms with Crippen LogP contribution < -0.4 is 4.90 Å². The summed E-state index contributed by atoms with van der Waals surface area (Å²) in [6, 6.07) is 13.3. The Balaban J connectivity index is 1.28. The minimum Gasteiger partial charge on any atom is -0.396 e. The number of para-hydroxylation sites is 1. The van der Waals surface area contributed by atoms with Gasteiger partial charge >= 0.3 is 6.18 Å². The molecule has 2 fully saturated rings.